The Morgan fingerprint density at radius 1 is 1.12 bits per heavy atom. The van der Waals surface area contributed by atoms with Crippen molar-refractivity contribution in [2.24, 2.45) is 0 Å². The molecule has 0 bridgehead atoms. The Kier molecular flexibility index (Phi) is 6.61. The molecule has 0 aromatic heterocycles. The van der Waals surface area contributed by atoms with E-state index in [2.05, 4.69) is 36.3 Å². The Balaban J connectivity index is 1.58. The quantitative estimate of drug-likeness (QED) is 0.483. The molecule has 1 aliphatic rings. The van der Waals surface area contributed by atoms with E-state index in [0.29, 0.717) is 21.4 Å². The number of rotatable bonds is 7. The number of benzene rings is 2. The molecular weight excluding hydrogens is 445 g/mol. The van der Waals surface area contributed by atoms with Crippen LogP contribution < -0.4 is 21.1 Å². The predicted molar refractivity (Wildman–Crippen MR) is 134 cm³/mol. The van der Waals surface area contributed by atoms with E-state index in [1.807, 2.05) is 30.1 Å². The number of halogens is 2. The van der Waals surface area contributed by atoms with E-state index in [1.165, 1.54) is 0 Å². The molecule has 168 valence electrons. The highest BCUT2D eigenvalue weighted by Crippen LogP contribution is 2.38. The molecule has 0 saturated carbocycles. The number of fused-ring (bicyclic) bond motifs is 1. The largest absolute Gasteiger partial charge is 0.370 e. The molecule has 1 N–H and O–H groups in total. The van der Waals surface area contributed by atoms with Crippen LogP contribution in [0.1, 0.15) is 42.4 Å². The lowest BCUT2D eigenvalue weighted by Crippen LogP contribution is -2.41. The van der Waals surface area contributed by atoms with Gasteiger partial charge in [0.15, 0.2) is 0 Å². The third kappa shape index (κ3) is 4.29. The Hall–Kier alpha value is -2.34. The van der Waals surface area contributed by atoms with Crippen LogP contribution in [0.5, 0.6) is 0 Å². The third-order valence-corrected chi connectivity index (χ3v) is 6.74. The average Bonchev–Trinajstić information content (AvgIpc) is 2.77. The lowest BCUT2D eigenvalue weighted by molar-refractivity contribution is 0.295. The summed E-state index contributed by atoms with van der Waals surface area (Å²) in [6.45, 7) is 4.50. The molecule has 7 heteroatoms. The first-order chi connectivity index (χ1) is 15.3. The first-order valence-corrected chi connectivity index (χ1v) is 11.6. The van der Waals surface area contributed by atoms with E-state index in [1.54, 1.807) is 6.07 Å². The molecule has 1 aliphatic heterocycles. The summed E-state index contributed by atoms with van der Waals surface area (Å²) in [6.07, 6.45) is 1.99. The minimum Gasteiger partial charge on any atom is -0.370 e. The second-order valence-electron chi connectivity index (χ2n) is 8.61. The molecule has 3 aromatic carbocycles. The number of unbranched alkanes of at least 4 members (excludes halogenated alkanes) is 1. The van der Waals surface area contributed by atoms with Crippen molar-refractivity contribution in [3.63, 3.8) is 0 Å². The molecule has 0 aliphatic carbocycles. The van der Waals surface area contributed by atoms with Gasteiger partial charge in [-0.25, -0.2) is 0 Å². The van der Waals surface area contributed by atoms with Gasteiger partial charge in [-0.1, -0.05) is 48.7 Å². The van der Waals surface area contributed by atoms with Crippen molar-refractivity contribution in [2.45, 2.75) is 32.2 Å². The van der Waals surface area contributed by atoms with Gasteiger partial charge in [-0.3, -0.25) is 9.59 Å². The van der Waals surface area contributed by atoms with Crippen molar-refractivity contribution in [3.05, 3.63) is 83.6 Å². The number of nitrogens with one attached hydrogen (secondary N) is 1. The normalized spacial score (nSPS) is 16.2. The smallest absolute Gasteiger partial charge is 0.253 e. The molecule has 0 saturated heterocycles. The van der Waals surface area contributed by atoms with Gasteiger partial charge in [0.1, 0.15) is 11.4 Å². The molecule has 0 spiro atoms. The van der Waals surface area contributed by atoms with E-state index in [9.17, 15) is 9.59 Å². The van der Waals surface area contributed by atoms with E-state index in [-0.39, 0.29) is 5.92 Å². The highest BCUT2D eigenvalue weighted by Gasteiger charge is 2.27. The Morgan fingerprint density at radius 3 is 2.53 bits per heavy atom. The molecule has 0 amide bonds. The molecule has 32 heavy (non-hydrogen) atoms. The topological polar surface area (TPSA) is 52.6 Å². The van der Waals surface area contributed by atoms with Gasteiger partial charge in [0.05, 0.1) is 0 Å². The fourth-order valence-corrected chi connectivity index (χ4v) is 5.01. The summed E-state index contributed by atoms with van der Waals surface area (Å²) in [5, 5.41) is 4.49. The zero-order valence-corrected chi connectivity index (χ0v) is 20.1. The van der Waals surface area contributed by atoms with Crippen LogP contribution in [0.25, 0.3) is 0 Å². The van der Waals surface area contributed by atoms with Gasteiger partial charge >= 0.3 is 0 Å². The first kappa shape index (κ1) is 22.8. The molecule has 0 fully saturated rings. The Labute approximate surface area is 198 Å². The monoisotopic (exact) mass is 471 g/mol. The number of nitrogens with zero attached hydrogens (tertiary/aromatic N) is 2. The minimum absolute atomic E-state index is 0.149. The van der Waals surface area contributed by atoms with Crippen LogP contribution in [-0.2, 0) is 6.54 Å². The van der Waals surface area contributed by atoms with Crippen LogP contribution in [0.15, 0.2) is 46.0 Å². The maximum atomic E-state index is 12.2. The molecule has 5 nitrogen and oxygen atoms in total. The van der Waals surface area contributed by atoms with Crippen LogP contribution >= 0.6 is 23.2 Å². The number of hydrogen-bond donors (Lipinski definition) is 1. The maximum absolute atomic E-state index is 12.2. The summed E-state index contributed by atoms with van der Waals surface area (Å²) >= 11 is 12.8. The van der Waals surface area contributed by atoms with Crippen molar-refractivity contribution in [1.29, 1.82) is 0 Å². The zero-order chi connectivity index (χ0) is 23.0. The molecule has 1 heterocycles. The Bertz CT molecular complexity index is 1200. The second-order valence-corrected chi connectivity index (χ2v) is 9.45. The van der Waals surface area contributed by atoms with Gasteiger partial charge in [0.25, 0.3) is 10.9 Å². The van der Waals surface area contributed by atoms with Gasteiger partial charge in [0, 0.05) is 48.3 Å². The fraction of sp³-hybridized carbons (Fsp3) is 0.360. The lowest BCUT2D eigenvalue weighted by atomic mass is 9.84. The van der Waals surface area contributed by atoms with Crippen molar-refractivity contribution < 1.29 is 0 Å². The van der Waals surface area contributed by atoms with E-state index < -0.39 is 10.9 Å². The van der Waals surface area contributed by atoms with Crippen LogP contribution in [0.3, 0.4) is 0 Å². The highest BCUT2D eigenvalue weighted by molar-refractivity contribution is 6.35. The lowest BCUT2D eigenvalue weighted by Gasteiger charge is -2.33. The standard InChI is InChI=1S/C25H27Cl2N3O2/c1-4-5-10-30(3)23-22(24(31)25(23)32)28-17-8-6-15(7-9-17)19-13-29(2)14-20-18(19)11-16(26)12-21(20)27/h6-9,11-12,19,28H,4-5,10,13-14H2,1-3H3/t19-/m0/s1. The van der Waals surface area contributed by atoms with E-state index in [4.69, 9.17) is 23.2 Å². The minimum atomic E-state index is -0.459. The van der Waals surface area contributed by atoms with Crippen LogP contribution in [0.2, 0.25) is 10.0 Å². The molecule has 1 atom stereocenters. The van der Waals surface area contributed by atoms with Crippen LogP contribution in [0, 0.1) is 0 Å². The number of likely N-dealkylation sites (N-methyl/N-ethyl adjacent to an activating group) is 1. The second kappa shape index (κ2) is 9.26. The van der Waals surface area contributed by atoms with Crippen molar-refractivity contribution in [2.75, 3.05) is 37.4 Å². The predicted octanol–water partition coefficient (Wildman–Crippen LogP) is 5.15. The molecular formula is C25H27Cl2N3O2. The van der Waals surface area contributed by atoms with Crippen molar-refractivity contribution >= 4 is 40.3 Å². The van der Waals surface area contributed by atoms with Gasteiger partial charge < -0.3 is 15.1 Å². The third-order valence-electron chi connectivity index (χ3n) is 6.19. The molecule has 0 radical (unpaired) electrons. The highest BCUT2D eigenvalue weighted by atomic mass is 35.5. The average molecular weight is 472 g/mol. The zero-order valence-electron chi connectivity index (χ0n) is 18.5. The summed E-state index contributed by atoms with van der Waals surface area (Å²) in [5.74, 6) is 0.149. The molecule has 4 rings (SSSR count). The number of anilines is 3. The summed E-state index contributed by atoms with van der Waals surface area (Å²) in [5.41, 5.74) is 4.16. The summed E-state index contributed by atoms with van der Waals surface area (Å²) in [6, 6.07) is 11.8. The van der Waals surface area contributed by atoms with E-state index >= 15 is 0 Å². The fourth-order valence-electron chi connectivity index (χ4n) is 4.44. The van der Waals surface area contributed by atoms with Gasteiger partial charge in [-0.2, -0.15) is 0 Å². The summed E-state index contributed by atoms with van der Waals surface area (Å²) in [4.78, 5) is 28.4. The van der Waals surface area contributed by atoms with Gasteiger partial charge in [-0.15, -0.1) is 0 Å². The van der Waals surface area contributed by atoms with Gasteiger partial charge in [0.2, 0.25) is 0 Å². The molecule has 0 unspecified atom stereocenters. The maximum Gasteiger partial charge on any atom is 0.253 e. The van der Waals surface area contributed by atoms with Gasteiger partial charge in [-0.05, 0) is 54.4 Å². The van der Waals surface area contributed by atoms with Crippen molar-refractivity contribution in [3.8, 4) is 0 Å². The SMILES string of the molecule is CCCCN(C)c1c(Nc2ccc([C@@H]3CN(C)Cc4c(Cl)cc(Cl)cc43)cc2)c(=O)c1=O. The number of hydrogen-bond acceptors (Lipinski definition) is 5. The van der Waals surface area contributed by atoms with Crippen LogP contribution in [-0.4, -0.2) is 32.1 Å². The summed E-state index contributed by atoms with van der Waals surface area (Å²) in [7, 11) is 3.94. The first-order valence-electron chi connectivity index (χ1n) is 10.9. The Morgan fingerprint density at radius 2 is 1.84 bits per heavy atom. The summed E-state index contributed by atoms with van der Waals surface area (Å²) < 4.78 is 0. The molecule has 3 aromatic rings. The van der Waals surface area contributed by atoms with Crippen molar-refractivity contribution in [1.82, 2.24) is 4.90 Å². The van der Waals surface area contributed by atoms with Crippen LogP contribution in [0.4, 0.5) is 17.1 Å². The van der Waals surface area contributed by atoms with E-state index in [0.717, 1.165) is 54.9 Å².